The van der Waals surface area contributed by atoms with E-state index in [-0.39, 0.29) is 12.2 Å². The molecule has 1 aliphatic carbocycles. The Labute approximate surface area is 131 Å². The summed E-state index contributed by atoms with van der Waals surface area (Å²) >= 11 is 1.23. The van der Waals surface area contributed by atoms with Crippen LogP contribution in [0.3, 0.4) is 0 Å². The van der Waals surface area contributed by atoms with Crippen LogP contribution in [0, 0.1) is 0 Å². The number of carboxylic acid groups (broad SMARTS) is 1. The number of hydrogen-bond acceptors (Lipinski definition) is 4. The highest BCUT2D eigenvalue weighted by Gasteiger charge is 2.31. The van der Waals surface area contributed by atoms with Crippen molar-refractivity contribution in [2.24, 2.45) is 0 Å². The third-order valence-electron chi connectivity index (χ3n) is 3.48. The van der Waals surface area contributed by atoms with Crippen molar-refractivity contribution < 1.29 is 19.4 Å². The van der Waals surface area contributed by atoms with Gasteiger partial charge in [-0.2, -0.15) is 0 Å². The maximum atomic E-state index is 11.8. The number of rotatable bonds is 5. The number of aromatic carboxylic acids is 1. The number of hydrogen-bond donors (Lipinski definition) is 2. The van der Waals surface area contributed by atoms with E-state index < -0.39 is 12.1 Å². The van der Waals surface area contributed by atoms with Crippen molar-refractivity contribution in [1.82, 2.24) is 0 Å². The lowest BCUT2D eigenvalue weighted by Gasteiger charge is -2.07. The molecule has 0 spiro atoms. The van der Waals surface area contributed by atoms with E-state index >= 15 is 0 Å². The van der Waals surface area contributed by atoms with Crippen LogP contribution in [-0.4, -0.2) is 17.2 Å². The van der Waals surface area contributed by atoms with Crippen molar-refractivity contribution in [3.8, 4) is 0 Å². The monoisotopic (exact) mass is 317 g/mol. The van der Waals surface area contributed by atoms with Gasteiger partial charge in [0.25, 0.3) is 0 Å². The molecular weight excluding hydrogens is 302 g/mol. The summed E-state index contributed by atoms with van der Waals surface area (Å²) in [6.45, 7) is 0.149. The Morgan fingerprint density at radius 2 is 2.00 bits per heavy atom. The van der Waals surface area contributed by atoms with Crippen molar-refractivity contribution >= 4 is 28.4 Å². The average molecular weight is 317 g/mol. The highest BCUT2D eigenvalue weighted by Crippen LogP contribution is 2.45. The lowest BCUT2D eigenvalue weighted by molar-refractivity contribution is 0.0697. The second-order valence-corrected chi connectivity index (χ2v) is 6.04. The Bertz CT molecular complexity index is 691. The van der Waals surface area contributed by atoms with Gasteiger partial charge in [0.2, 0.25) is 0 Å². The Morgan fingerprint density at radius 1 is 1.27 bits per heavy atom. The number of carboxylic acids is 1. The van der Waals surface area contributed by atoms with E-state index in [2.05, 4.69) is 5.32 Å². The van der Waals surface area contributed by atoms with E-state index in [4.69, 9.17) is 4.74 Å². The second-order valence-electron chi connectivity index (χ2n) is 5.16. The van der Waals surface area contributed by atoms with Crippen molar-refractivity contribution in [2.45, 2.75) is 25.4 Å². The molecule has 114 valence electrons. The Hall–Kier alpha value is -2.34. The summed E-state index contributed by atoms with van der Waals surface area (Å²) < 4.78 is 5.12. The number of anilines is 1. The summed E-state index contributed by atoms with van der Waals surface area (Å²) in [5.74, 6) is -0.695. The molecule has 3 rings (SSSR count). The minimum atomic E-state index is -1.01. The van der Waals surface area contributed by atoms with Crippen LogP contribution in [0.15, 0.2) is 35.7 Å². The molecule has 2 aromatic rings. The smallest absolute Gasteiger partial charge is 0.412 e. The lowest BCUT2D eigenvalue weighted by Crippen LogP contribution is -2.15. The van der Waals surface area contributed by atoms with Crippen LogP contribution in [0.1, 0.15) is 40.2 Å². The van der Waals surface area contributed by atoms with E-state index in [0.717, 1.165) is 24.0 Å². The molecule has 1 aromatic heterocycles. The predicted octanol–water partition coefficient (Wildman–Crippen LogP) is 4.07. The Balaban J connectivity index is 1.65. The summed E-state index contributed by atoms with van der Waals surface area (Å²) in [4.78, 5) is 23.2. The van der Waals surface area contributed by atoms with Crippen molar-refractivity contribution in [1.29, 1.82) is 0 Å². The SMILES string of the molecule is O=C(Nc1scc(C2CC2)c1C(=O)O)OCc1ccccc1. The van der Waals surface area contributed by atoms with E-state index in [9.17, 15) is 14.7 Å². The summed E-state index contributed by atoms with van der Waals surface area (Å²) in [7, 11) is 0. The fourth-order valence-corrected chi connectivity index (χ4v) is 3.25. The van der Waals surface area contributed by atoms with Crippen LogP contribution in [0.2, 0.25) is 0 Å². The van der Waals surface area contributed by atoms with Gasteiger partial charge in [0.05, 0.1) is 5.56 Å². The molecular formula is C16H15NO4S. The lowest BCUT2D eigenvalue weighted by atomic mass is 10.1. The molecule has 1 aromatic carbocycles. The first-order valence-corrected chi connectivity index (χ1v) is 7.85. The van der Waals surface area contributed by atoms with Gasteiger partial charge in [-0.05, 0) is 35.3 Å². The molecule has 0 atom stereocenters. The number of nitrogens with one attached hydrogen (secondary N) is 1. The van der Waals surface area contributed by atoms with E-state index in [1.54, 1.807) is 0 Å². The zero-order valence-electron chi connectivity index (χ0n) is 11.7. The Kier molecular flexibility index (Phi) is 4.11. The van der Waals surface area contributed by atoms with E-state index in [1.165, 1.54) is 11.3 Å². The maximum Gasteiger partial charge on any atom is 0.412 e. The van der Waals surface area contributed by atoms with Gasteiger partial charge >= 0.3 is 12.1 Å². The highest BCUT2D eigenvalue weighted by molar-refractivity contribution is 7.15. The van der Waals surface area contributed by atoms with E-state index in [1.807, 2.05) is 35.7 Å². The maximum absolute atomic E-state index is 11.8. The first-order valence-electron chi connectivity index (χ1n) is 6.97. The van der Waals surface area contributed by atoms with Crippen LogP contribution < -0.4 is 5.32 Å². The van der Waals surface area contributed by atoms with Gasteiger partial charge < -0.3 is 9.84 Å². The molecule has 22 heavy (non-hydrogen) atoms. The molecule has 6 heteroatoms. The molecule has 0 aliphatic heterocycles. The van der Waals surface area contributed by atoms with E-state index in [0.29, 0.717) is 10.9 Å². The first kappa shape index (κ1) is 14.6. The van der Waals surface area contributed by atoms with Gasteiger partial charge in [0, 0.05) is 0 Å². The normalized spacial score (nSPS) is 13.6. The van der Waals surface area contributed by atoms with Crippen LogP contribution in [0.4, 0.5) is 9.80 Å². The van der Waals surface area contributed by atoms with Gasteiger partial charge in [-0.15, -0.1) is 11.3 Å². The molecule has 1 saturated carbocycles. The van der Waals surface area contributed by atoms with Crippen molar-refractivity contribution in [3.05, 3.63) is 52.4 Å². The molecule has 1 aliphatic rings. The number of carbonyl (C=O) groups excluding carboxylic acids is 1. The third kappa shape index (κ3) is 3.28. The summed E-state index contributed by atoms with van der Waals surface area (Å²) in [5, 5.41) is 14.0. The van der Waals surface area contributed by atoms with Crippen molar-refractivity contribution in [2.75, 3.05) is 5.32 Å². The highest BCUT2D eigenvalue weighted by atomic mass is 32.1. The molecule has 0 unspecified atom stereocenters. The number of thiophene rings is 1. The minimum Gasteiger partial charge on any atom is -0.478 e. The standard InChI is InChI=1S/C16H15NO4S/c18-15(19)13-12(11-6-7-11)9-22-14(13)17-16(20)21-8-10-4-2-1-3-5-10/h1-5,9,11H,6-8H2,(H,17,20)(H,18,19). The number of amides is 1. The summed E-state index contributed by atoms with van der Waals surface area (Å²) in [6, 6.07) is 9.31. The van der Waals surface area contributed by atoms with Crippen LogP contribution in [0.25, 0.3) is 0 Å². The predicted molar refractivity (Wildman–Crippen MR) is 83.5 cm³/mol. The summed E-state index contributed by atoms with van der Waals surface area (Å²) in [6.07, 6.45) is 1.37. The molecule has 2 N–H and O–H groups in total. The topological polar surface area (TPSA) is 75.6 Å². The van der Waals surface area contributed by atoms with Gasteiger partial charge in [0.15, 0.2) is 0 Å². The zero-order valence-corrected chi connectivity index (χ0v) is 12.6. The molecule has 1 heterocycles. The van der Waals surface area contributed by atoms with Crippen LogP contribution in [0.5, 0.6) is 0 Å². The average Bonchev–Trinajstić information content (AvgIpc) is 3.27. The summed E-state index contributed by atoms with van der Waals surface area (Å²) in [5.41, 5.74) is 1.89. The molecule has 0 bridgehead atoms. The van der Waals surface area contributed by atoms with Crippen LogP contribution >= 0.6 is 11.3 Å². The fraction of sp³-hybridized carbons (Fsp3) is 0.250. The molecule has 5 nitrogen and oxygen atoms in total. The third-order valence-corrected chi connectivity index (χ3v) is 4.39. The van der Waals surface area contributed by atoms with Gasteiger partial charge in [-0.25, -0.2) is 9.59 Å². The largest absolute Gasteiger partial charge is 0.478 e. The first-order chi connectivity index (χ1) is 10.6. The second kappa shape index (κ2) is 6.19. The Morgan fingerprint density at radius 3 is 2.64 bits per heavy atom. The molecule has 0 radical (unpaired) electrons. The molecule has 0 saturated heterocycles. The van der Waals surface area contributed by atoms with Crippen molar-refractivity contribution in [3.63, 3.8) is 0 Å². The molecule has 1 amide bonds. The van der Waals surface area contributed by atoms with Gasteiger partial charge in [-0.3, -0.25) is 5.32 Å². The fourth-order valence-electron chi connectivity index (χ4n) is 2.23. The van der Waals surface area contributed by atoms with Crippen LogP contribution in [-0.2, 0) is 11.3 Å². The molecule has 1 fully saturated rings. The zero-order chi connectivity index (χ0) is 15.5. The number of benzene rings is 1. The number of ether oxygens (including phenoxy) is 1. The minimum absolute atomic E-state index is 0.149. The van der Waals surface area contributed by atoms with Gasteiger partial charge in [0.1, 0.15) is 11.6 Å². The quantitative estimate of drug-likeness (QED) is 0.871. The van der Waals surface area contributed by atoms with Gasteiger partial charge in [-0.1, -0.05) is 30.3 Å². The number of carbonyl (C=O) groups is 2.